The number of nitrogens with one attached hydrogen (secondary N) is 1. The summed E-state index contributed by atoms with van der Waals surface area (Å²) in [7, 11) is 1.60. The summed E-state index contributed by atoms with van der Waals surface area (Å²) in [4.78, 5) is 27.8. The lowest BCUT2D eigenvalue weighted by molar-refractivity contribution is -0.140. The SMILES string of the molecule is COc1ccccc1CNC(=O)[C@@H](C)N(Cc1ccccc1)C(=O)Cc1ccc(Cl)cc1. The highest BCUT2D eigenvalue weighted by molar-refractivity contribution is 6.30. The summed E-state index contributed by atoms with van der Waals surface area (Å²) in [5, 5.41) is 3.55. The van der Waals surface area contributed by atoms with Gasteiger partial charge in [-0.1, -0.05) is 72.3 Å². The lowest BCUT2D eigenvalue weighted by atomic mass is 10.1. The summed E-state index contributed by atoms with van der Waals surface area (Å²) in [6.07, 6.45) is 0.189. The van der Waals surface area contributed by atoms with Crippen molar-refractivity contribution in [2.24, 2.45) is 0 Å². The van der Waals surface area contributed by atoms with Crippen LogP contribution in [-0.2, 0) is 29.1 Å². The van der Waals surface area contributed by atoms with Crippen LogP contribution >= 0.6 is 11.6 Å². The first-order valence-corrected chi connectivity index (χ1v) is 10.8. The second-order valence-corrected chi connectivity index (χ2v) is 7.95. The number of hydrogen-bond donors (Lipinski definition) is 1. The van der Waals surface area contributed by atoms with Crippen LogP contribution in [0.3, 0.4) is 0 Å². The Morgan fingerprint density at radius 3 is 2.28 bits per heavy atom. The van der Waals surface area contributed by atoms with Crippen LogP contribution in [0.2, 0.25) is 5.02 Å². The molecule has 0 heterocycles. The highest BCUT2D eigenvalue weighted by atomic mass is 35.5. The molecule has 0 aliphatic rings. The average Bonchev–Trinajstić information content (AvgIpc) is 2.82. The molecular formula is C26H27ClN2O3. The number of amides is 2. The van der Waals surface area contributed by atoms with Crippen LogP contribution < -0.4 is 10.1 Å². The van der Waals surface area contributed by atoms with E-state index in [9.17, 15) is 9.59 Å². The third kappa shape index (κ3) is 6.34. The number of halogens is 1. The van der Waals surface area contributed by atoms with Gasteiger partial charge < -0.3 is 15.0 Å². The Morgan fingerprint density at radius 1 is 0.938 bits per heavy atom. The maximum atomic E-state index is 13.2. The Labute approximate surface area is 194 Å². The van der Waals surface area contributed by atoms with Gasteiger partial charge in [-0.25, -0.2) is 0 Å². The molecule has 1 atom stereocenters. The second-order valence-electron chi connectivity index (χ2n) is 7.52. The van der Waals surface area contributed by atoms with Gasteiger partial charge in [0.15, 0.2) is 0 Å². The molecule has 166 valence electrons. The Morgan fingerprint density at radius 2 is 1.59 bits per heavy atom. The zero-order valence-corrected chi connectivity index (χ0v) is 19.0. The molecule has 1 N–H and O–H groups in total. The molecule has 0 saturated heterocycles. The Balaban J connectivity index is 1.74. The summed E-state index contributed by atoms with van der Waals surface area (Å²) < 4.78 is 5.35. The van der Waals surface area contributed by atoms with Crippen LogP contribution in [0.1, 0.15) is 23.6 Å². The first kappa shape index (κ1) is 23.4. The van der Waals surface area contributed by atoms with Gasteiger partial charge in [-0.2, -0.15) is 0 Å². The topological polar surface area (TPSA) is 58.6 Å². The normalized spacial score (nSPS) is 11.5. The largest absolute Gasteiger partial charge is 0.496 e. The summed E-state index contributed by atoms with van der Waals surface area (Å²) in [5.41, 5.74) is 2.68. The highest BCUT2D eigenvalue weighted by Gasteiger charge is 2.26. The van der Waals surface area contributed by atoms with Crippen molar-refractivity contribution in [2.75, 3.05) is 7.11 Å². The zero-order valence-electron chi connectivity index (χ0n) is 18.3. The molecule has 0 saturated carbocycles. The van der Waals surface area contributed by atoms with Crippen LogP contribution in [-0.4, -0.2) is 29.9 Å². The summed E-state index contributed by atoms with van der Waals surface area (Å²) in [6.45, 7) is 2.41. The van der Waals surface area contributed by atoms with Crippen molar-refractivity contribution in [1.82, 2.24) is 10.2 Å². The Hall–Kier alpha value is -3.31. The predicted molar refractivity (Wildman–Crippen MR) is 126 cm³/mol. The lowest BCUT2D eigenvalue weighted by Crippen LogP contribution is -2.48. The molecule has 0 aliphatic heterocycles. The first-order valence-electron chi connectivity index (χ1n) is 10.5. The first-order chi connectivity index (χ1) is 15.5. The number of rotatable bonds is 9. The van der Waals surface area contributed by atoms with E-state index in [1.54, 1.807) is 31.1 Å². The molecule has 5 nitrogen and oxygen atoms in total. The molecule has 2 amide bonds. The van der Waals surface area contributed by atoms with Crippen molar-refractivity contribution >= 4 is 23.4 Å². The van der Waals surface area contributed by atoms with Gasteiger partial charge in [0, 0.05) is 23.7 Å². The van der Waals surface area contributed by atoms with E-state index in [1.165, 1.54) is 0 Å². The van der Waals surface area contributed by atoms with Crippen LogP contribution in [0.25, 0.3) is 0 Å². The molecule has 3 aromatic carbocycles. The Bertz CT molecular complexity index is 1040. The minimum absolute atomic E-state index is 0.129. The molecule has 3 aromatic rings. The molecule has 6 heteroatoms. The van der Waals surface area contributed by atoms with Gasteiger partial charge in [0.2, 0.25) is 11.8 Å². The van der Waals surface area contributed by atoms with Crippen molar-refractivity contribution in [2.45, 2.75) is 32.5 Å². The van der Waals surface area contributed by atoms with Crippen LogP contribution in [0.15, 0.2) is 78.9 Å². The van der Waals surface area contributed by atoms with Gasteiger partial charge in [-0.3, -0.25) is 9.59 Å². The van der Waals surface area contributed by atoms with Crippen molar-refractivity contribution in [1.29, 1.82) is 0 Å². The van der Waals surface area contributed by atoms with Crippen LogP contribution in [0, 0.1) is 0 Å². The zero-order chi connectivity index (χ0) is 22.9. The average molecular weight is 451 g/mol. The van der Waals surface area contributed by atoms with Gasteiger partial charge in [0.25, 0.3) is 0 Å². The summed E-state index contributed by atoms with van der Waals surface area (Å²) >= 11 is 5.96. The minimum Gasteiger partial charge on any atom is -0.496 e. The molecule has 0 radical (unpaired) electrons. The molecule has 0 bridgehead atoms. The third-order valence-electron chi connectivity index (χ3n) is 5.28. The van der Waals surface area contributed by atoms with E-state index in [1.807, 2.05) is 66.7 Å². The van der Waals surface area contributed by atoms with Gasteiger partial charge in [0.05, 0.1) is 13.5 Å². The third-order valence-corrected chi connectivity index (χ3v) is 5.53. The van der Waals surface area contributed by atoms with E-state index >= 15 is 0 Å². The van der Waals surface area contributed by atoms with Crippen molar-refractivity contribution in [3.63, 3.8) is 0 Å². The number of benzene rings is 3. The standard InChI is InChI=1S/C26H27ClN2O3/c1-19(26(31)28-17-22-10-6-7-11-24(22)32-2)29(18-21-8-4-3-5-9-21)25(30)16-20-12-14-23(27)15-13-20/h3-15,19H,16-18H2,1-2H3,(H,28,31)/t19-/m1/s1. The molecule has 0 fully saturated rings. The maximum absolute atomic E-state index is 13.2. The molecule has 3 rings (SSSR count). The van der Waals surface area contributed by atoms with Gasteiger partial charge in [-0.05, 0) is 36.2 Å². The molecule has 32 heavy (non-hydrogen) atoms. The number of nitrogens with zero attached hydrogens (tertiary/aromatic N) is 1. The van der Waals surface area contributed by atoms with Gasteiger partial charge >= 0.3 is 0 Å². The monoisotopic (exact) mass is 450 g/mol. The van der Waals surface area contributed by atoms with E-state index in [4.69, 9.17) is 16.3 Å². The van der Waals surface area contributed by atoms with Crippen molar-refractivity contribution in [3.05, 3.63) is 101 Å². The molecular weight excluding hydrogens is 424 g/mol. The molecule has 0 spiro atoms. The maximum Gasteiger partial charge on any atom is 0.242 e. The highest BCUT2D eigenvalue weighted by Crippen LogP contribution is 2.18. The van der Waals surface area contributed by atoms with E-state index in [-0.39, 0.29) is 18.2 Å². The number of para-hydroxylation sites is 1. The number of carbonyl (C=O) groups excluding carboxylic acids is 2. The number of methoxy groups -OCH3 is 1. The second kappa shape index (κ2) is 11.3. The number of carbonyl (C=O) groups is 2. The van der Waals surface area contributed by atoms with E-state index in [2.05, 4.69) is 5.32 Å². The minimum atomic E-state index is -0.648. The molecule has 0 unspecified atom stereocenters. The fourth-order valence-electron chi connectivity index (χ4n) is 3.42. The summed E-state index contributed by atoms with van der Waals surface area (Å²) in [6, 6.07) is 23.7. The fraction of sp³-hybridized carbons (Fsp3) is 0.231. The fourth-order valence-corrected chi connectivity index (χ4v) is 3.55. The molecule has 0 aromatic heterocycles. The van der Waals surface area contributed by atoms with E-state index < -0.39 is 6.04 Å². The van der Waals surface area contributed by atoms with Crippen LogP contribution in [0.5, 0.6) is 5.75 Å². The van der Waals surface area contributed by atoms with Crippen molar-refractivity contribution < 1.29 is 14.3 Å². The van der Waals surface area contributed by atoms with E-state index in [0.29, 0.717) is 23.9 Å². The van der Waals surface area contributed by atoms with Gasteiger partial charge in [0.1, 0.15) is 11.8 Å². The predicted octanol–water partition coefficient (Wildman–Crippen LogP) is 4.62. The lowest BCUT2D eigenvalue weighted by Gasteiger charge is -2.29. The summed E-state index contributed by atoms with van der Waals surface area (Å²) in [5.74, 6) is 0.354. The van der Waals surface area contributed by atoms with Crippen LogP contribution in [0.4, 0.5) is 0 Å². The van der Waals surface area contributed by atoms with Crippen molar-refractivity contribution in [3.8, 4) is 5.75 Å². The Kier molecular flexibility index (Phi) is 8.28. The molecule has 0 aliphatic carbocycles. The van der Waals surface area contributed by atoms with E-state index in [0.717, 1.165) is 16.7 Å². The van der Waals surface area contributed by atoms with Gasteiger partial charge in [-0.15, -0.1) is 0 Å². The smallest absolute Gasteiger partial charge is 0.242 e. The quantitative estimate of drug-likeness (QED) is 0.517. The number of ether oxygens (including phenoxy) is 1. The number of hydrogen-bond acceptors (Lipinski definition) is 3.